The molecular weight excluding hydrogens is 334 g/mol. The van der Waals surface area contributed by atoms with Crippen molar-refractivity contribution < 1.29 is 4.79 Å². The highest BCUT2D eigenvalue weighted by Gasteiger charge is 2.32. The number of carbonyl (C=O) groups excluding carboxylic acids is 1. The molecule has 2 aromatic carbocycles. The average Bonchev–Trinajstić information content (AvgIpc) is 2.78. The second-order valence-corrected chi connectivity index (χ2v) is 6.86. The Morgan fingerprint density at radius 2 is 1.77 bits per heavy atom. The first-order chi connectivity index (χ1) is 10.6. The lowest BCUT2D eigenvalue weighted by Gasteiger charge is -2.14. The molecule has 1 aliphatic heterocycles. The summed E-state index contributed by atoms with van der Waals surface area (Å²) in [5.74, 6) is -0.0706. The van der Waals surface area contributed by atoms with Crippen molar-refractivity contribution in [2.75, 3.05) is 0 Å². The average molecular weight is 346 g/mol. The lowest BCUT2D eigenvalue weighted by molar-refractivity contribution is -0.122. The van der Waals surface area contributed by atoms with Crippen molar-refractivity contribution in [3.63, 3.8) is 0 Å². The van der Waals surface area contributed by atoms with E-state index in [0.717, 1.165) is 11.1 Å². The molecule has 0 radical (unpaired) electrons. The summed E-state index contributed by atoms with van der Waals surface area (Å²) < 4.78 is 0.576. The van der Waals surface area contributed by atoms with Gasteiger partial charge in [0.15, 0.2) is 0 Å². The summed E-state index contributed by atoms with van der Waals surface area (Å²) >= 11 is 12.8. The number of nitrogens with zero attached hydrogens (tertiary/aromatic N) is 1. The number of hydrogen-bond donors (Lipinski definition) is 0. The van der Waals surface area contributed by atoms with E-state index < -0.39 is 0 Å². The van der Waals surface area contributed by atoms with E-state index in [0.29, 0.717) is 20.8 Å². The molecule has 110 valence electrons. The van der Waals surface area contributed by atoms with E-state index in [2.05, 4.69) is 0 Å². The fraction of sp³-hybridized carbons (Fsp3) is 0.0588. The Labute approximate surface area is 143 Å². The normalized spacial score (nSPS) is 16.6. The topological polar surface area (TPSA) is 20.3 Å². The van der Waals surface area contributed by atoms with Crippen LogP contribution in [0.15, 0.2) is 59.5 Å². The minimum absolute atomic E-state index is 0.0706. The maximum absolute atomic E-state index is 12.5. The van der Waals surface area contributed by atoms with Gasteiger partial charge in [0.05, 0.1) is 11.4 Å². The van der Waals surface area contributed by atoms with Crippen molar-refractivity contribution in [3.8, 4) is 0 Å². The molecule has 22 heavy (non-hydrogen) atoms. The maximum Gasteiger partial charge on any atom is 0.266 e. The number of halogens is 1. The molecule has 0 saturated carbocycles. The lowest BCUT2D eigenvalue weighted by Crippen LogP contribution is -2.27. The van der Waals surface area contributed by atoms with Gasteiger partial charge in [-0.1, -0.05) is 84.1 Å². The van der Waals surface area contributed by atoms with Gasteiger partial charge in [-0.3, -0.25) is 9.69 Å². The SMILES string of the molecule is O=C1/C(=C\c2ccccc2Cl)SC(=S)N1Cc1ccccc1. The summed E-state index contributed by atoms with van der Waals surface area (Å²) in [4.78, 5) is 14.8. The molecule has 0 aliphatic carbocycles. The lowest BCUT2D eigenvalue weighted by atomic mass is 10.2. The highest BCUT2D eigenvalue weighted by Crippen LogP contribution is 2.34. The molecular formula is C17H12ClNOS2. The van der Waals surface area contributed by atoms with Gasteiger partial charge < -0.3 is 0 Å². The molecule has 1 amide bonds. The van der Waals surface area contributed by atoms with Crippen LogP contribution < -0.4 is 0 Å². The molecule has 1 aliphatic rings. The van der Waals surface area contributed by atoms with Gasteiger partial charge >= 0.3 is 0 Å². The van der Waals surface area contributed by atoms with E-state index in [1.807, 2.05) is 48.5 Å². The molecule has 5 heteroatoms. The third kappa shape index (κ3) is 3.24. The van der Waals surface area contributed by atoms with Crippen molar-refractivity contribution in [2.45, 2.75) is 6.54 Å². The second-order valence-electron chi connectivity index (χ2n) is 4.77. The molecule has 2 nitrogen and oxygen atoms in total. The largest absolute Gasteiger partial charge is 0.288 e. The summed E-state index contributed by atoms with van der Waals surface area (Å²) in [6.07, 6.45) is 1.80. The first-order valence-corrected chi connectivity index (χ1v) is 8.29. The predicted octanol–water partition coefficient (Wildman–Crippen LogP) is 4.74. The van der Waals surface area contributed by atoms with E-state index in [9.17, 15) is 4.79 Å². The Balaban J connectivity index is 1.84. The van der Waals surface area contributed by atoms with Crippen molar-refractivity contribution in [3.05, 3.63) is 75.7 Å². The molecule has 1 fully saturated rings. The van der Waals surface area contributed by atoms with Crippen LogP contribution in [0.4, 0.5) is 0 Å². The molecule has 0 bridgehead atoms. The summed E-state index contributed by atoms with van der Waals surface area (Å²) in [5, 5.41) is 0.621. The molecule has 0 N–H and O–H groups in total. The van der Waals surface area contributed by atoms with Crippen LogP contribution in [0.25, 0.3) is 6.08 Å². The molecule has 0 atom stereocenters. The fourth-order valence-corrected chi connectivity index (χ4v) is 3.57. The Bertz CT molecular complexity index is 758. The molecule has 0 aromatic heterocycles. The fourth-order valence-electron chi connectivity index (χ4n) is 2.14. The van der Waals surface area contributed by atoms with Crippen LogP contribution in [0.1, 0.15) is 11.1 Å². The van der Waals surface area contributed by atoms with Crippen molar-refractivity contribution in [1.29, 1.82) is 0 Å². The predicted molar refractivity (Wildman–Crippen MR) is 96.6 cm³/mol. The van der Waals surface area contributed by atoms with Crippen molar-refractivity contribution >= 4 is 51.9 Å². The highest BCUT2D eigenvalue weighted by atomic mass is 35.5. The molecule has 1 saturated heterocycles. The second kappa shape index (κ2) is 6.65. The highest BCUT2D eigenvalue weighted by molar-refractivity contribution is 8.26. The standard InChI is InChI=1S/C17H12ClNOS2/c18-14-9-5-4-8-13(14)10-15-16(20)19(17(21)22-15)11-12-6-2-1-3-7-12/h1-10H,11H2/b15-10+. The Morgan fingerprint density at radius 3 is 2.50 bits per heavy atom. The maximum atomic E-state index is 12.5. The third-order valence-electron chi connectivity index (χ3n) is 3.25. The smallest absolute Gasteiger partial charge is 0.266 e. The van der Waals surface area contributed by atoms with Gasteiger partial charge in [-0.05, 0) is 23.3 Å². The van der Waals surface area contributed by atoms with Crippen LogP contribution in [-0.2, 0) is 11.3 Å². The number of thioether (sulfide) groups is 1. The zero-order chi connectivity index (χ0) is 15.5. The van der Waals surface area contributed by atoms with Crippen LogP contribution in [0.5, 0.6) is 0 Å². The van der Waals surface area contributed by atoms with Crippen LogP contribution in [0.3, 0.4) is 0 Å². The minimum atomic E-state index is -0.0706. The van der Waals surface area contributed by atoms with Gasteiger partial charge in [0.1, 0.15) is 4.32 Å². The van der Waals surface area contributed by atoms with E-state index in [-0.39, 0.29) is 5.91 Å². The van der Waals surface area contributed by atoms with Gasteiger partial charge in [-0.15, -0.1) is 0 Å². The van der Waals surface area contributed by atoms with Crippen LogP contribution in [-0.4, -0.2) is 15.1 Å². The molecule has 2 aromatic rings. The number of rotatable bonds is 3. The van der Waals surface area contributed by atoms with Gasteiger partial charge in [0.25, 0.3) is 5.91 Å². The van der Waals surface area contributed by atoms with Crippen LogP contribution >= 0.6 is 35.6 Å². The van der Waals surface area contributed by atoms with Crippen LogP contribution in [0, 0.1) is 0 Å². The third-order valence-corrected chi connectivity index (χ3v) is 4.97. The Kier molecular flexibility index (Phi) is 4.62. The van der Waals surface area contributed by atoms with E-state index in [1.165, 1.54) is 11.8 Å². The summed E-state index contributed by atoms with van der Waals surface area (Å²) in [7, 11) is 0. The number of benzene rings is 2. The molecule has 0 unspecified atom stereocenters. The zero-order valence-electron chi connectivity index (χ0n) is 11.5. The first-order valence-electron chi connectivity index (χ1n) is 6.69. The Morgan fingerprint density at radius 1 is 1.09 bits per heavy atom. The minimum Gasteiger partial charge on any atom is -0.288 e. The van der Waals surface area contributed by atoms with Crippen molar-refractivity contribution in [2.24, 2.45) is 0 Å². The number of hydrogen-bond acceptors (Lipinski definition) is 3. The summed E-state index contributed by atoms with van der Waals surface area (Å²) in [6.45, 7) is 0.491. The zero-order valence-corrected chi connectivity index (χ0v) is 13.9. The van der Waals surface area contributed by atoms with E-state index in [4.69, 9.17) is 23.8 Å². The number of amides is 1. The number of thiocarbonyl (C=S) groups is 1. The summed E-state index contributed by atoms with van der Waals surface area (Å²) in [6, 6.07) is 17.3. The Hall–Kier alpha value is -1.62. The molecule has 3 rings (SSSR count). The van der Waals surface area contributed by atoms with Gasteiger partial charge in [-0.25, -0.2) is 0 Å². The molecule has 0 spiro atoms. The van der Waals surface area contributed by atoms with E-state index in [1.54, 1.807) is 17.0 Å². The monoisotopic (exact) mass is 345 g/mol. The van der Waals surface area contributed by atoms with E-state index >= 15 is 0 Å². The van der Waals surface area contributed by atoms with Gasteiger partial charge in [0, 0.05) is 5.02 Å². The van der Waals surface area contributed by atoms with Gasteiger partial charge in [-0.2, -0.15) is 0 Å². The quantitative estimate of drug-likeness (QED) is 0.592. The molecule has 1 heterocycles. The van der Waals surface area contributed by atoms with Gasteiger partial charge in [0.2, 0.25) is 0 Å². The first kappa shape index (κ1) is 15.3. The summed E-state index contributed by atoms with van der Waals surface area (Å²) in [5.41, 5.74) is 1.88. The number of carbonyl (C=O) groups is 1. The van der Waals surface area contributed by atoms with Crippen molar-refractivity contribution in [1.82, 2.24) is 4.90 Å². The van der Waals surface area contributed by atoms with Crippen LogP contribution in [0.2, 0.25) is 5.02 Å².